The van der Waals surface area contributed by atoms with E-state index in [4.69, 9.17) is 5.11 Å². The van der Waals surface area contributed by atoms with E-state index in [9.17, 15) is 18.4 Å². The molecule has 0 aliphatic carbocycles. The zero-order valence-corrected chi connectivity index (χ0v) is 10.0. The Morgan fingerprint density at radius 3 is 2.75 bits per heavy atom. The predicted molar refractivity (Wildman–Crippen MR) is 64.2 cm³/mol. The lowest BCUT2D eigenvalue weighted by Gasteiger charge is -2.03. The number of nitrogens with zero attached hydrogens (tertiary/aromatic N) is 2. The molecule has 2 rings (SSSR count). The van der Waals surface area contributed by atoms with Gasteiger partial charge in [0.05, 0.1) is 17.4 Å². The first-order valence-corrected chi connectivity index (χ1v) is 5.46. The molecule has 0 bridgehead atoms. The Kier molecular flexibility index (Phi) is 3.74. The van der Waals surface area contributed by atoms with Crippen molar-refractivity contribution >= 4 is 17.6 Å². The van der Waals surface area contributed by atoms with Gasteiger partial charge in [-0.2, -0.15) is 5.10 Å². The van der Waals surface area contributed by atoms with Crippen LogP contribution < -0.4 is 5.32 Å². The highest BCUT2D eigenvalue weighted by Gasteiger charge is 2.13. The standard InChI is InChI=1S/C12H9F2N3O3/c13-7-1-2-9(10(14)3-7)12(20)16-8-4-15-17(5-8)6-11(18)19/h1-5H,6H2,(H,16,20)(H,18,19). The van der Waals surface area contributed by atoms with Crippen molar-refractivity contribution in [2.24, 2.45) is 0 Å². The third kappa shape index (κ3) is 3.16. The molecule has 2 N–H and O–H groups in total. The van der Waals surface area contributed by atoms with Crippen molar-refractivity contribution in [3.63, 3.8) is 0 Å². The molecule has 8 heteroatoms. The summed E-state index contributed by atoms with van der Waals surface area (Å²) in [7, 11) is 0. The van der Waals surface area contributed by atoms with Gasteiger partial charge in [0.15, 0.2) is 0 Å². The van der Waals surface area contributed by atoms with Gasteiger partial charge < -0.3 is 10.4 Å². The SMILES string of the molecule is O=C(O)Cn1cc(NC(=O)c2ccc(F)cc2F)cn1. The molecule has 104 valence electrons. The van der Waals surface area contributed by atoms with Crippen molar-refractivity contribution in [1.82, 2.24) is 9.78 Å². The number of amides is 1. The summed E-state index contributed by atoms with van der Waals surface area (Å²) in [4.78, 5) is 22.2. The van der Waals surface area contributed by atoms with Gasteiger partial charge in [-0.05, 0) is 12.1 Å². The minimum absolute atomic E-state index is 0.208. The molecule has 20 heavy (non-hydrogen) atoms. The largest absolute Gasteiger partial charge is 0.480 e. The summed E-state index contributed by atoms with van der Waals surface area (Å²) in [5, 5.41) is 14.6. The molecular formula is C12H9F2N3O3. The molecule has 0 unspecified atom stereocenters. The molecule has 6 nitrogen and oxygen atoms in total. The van der Waals surface area contributed by atoms with Crippen LogP contribution >= 0.6 is 0 Å². The molecule has 1 aromatic heterocycles. The molecule has 1 heterocycles. The third-order valence-corrected chi connectivity index (χ3v) is 2.36. The number of carbonyl (C=O) groups excluding carboxylic acids is 1. The van der Waals surface area contributed by atoms with E-state index in [-0.39, 0.29) is 17.8 Å². The number of anilines is 1. The number of aromatic nitrogens is 2. The van der Waals surface area contributed by atoms with Crippen LogP contribution in [0, 0.1) is 11.6 Å². The summed E-state index contributed by atoms with van der Waals surface area (Å²) in [6, 6.07) is 2.58. The van der Waals surface area contributed by atoms with E-state index in [1.807, 2.05) is 0 Å². The Morgan fingerprint density at radius 2 is 2.10 bits per heavy atom. The summed E-state index contributed by atoms with van der Waals surface area (Å²) in [6.07, 6.45) is 2.51. The number of rotatable bonds is 4. The zero-order chi connectivity index (χ0) is 14.7. The normalized spacial score (nSPS) is 10.3. The molecule has 0 spiro atoms. The number of nitrogens with one attached hydrogen (secondary N) is 1. The first-order valence-electron chi connectivity index (χ1n) is 5.46. The van der Waals surface area contributed by atoms with Gasteiger partial charge in [-0.1, -0.05) is 0 Å². The van der Waals surface area contributed by atoms with E-state index < -0.39 is 23.5 Å². The van der Waals surface area contributed by atoms with Crippen LogP contribution in [0.25, 0.3) is 0 Å². The molecule has 0 saturated carbocycles. The molecule has 1 aromatic carbocycles. The molecular weight excluding hydrogens is 272 g/mol. The Hall–Kier alpha value is -2.77. The maximum atomic E-state index is 13.4. The second kappa shape index (κ2) is 5.47. The molecule has 0 atom stereocenters. The number of carboxylic acids is 1. The van der Waals surface area contributed by atoms with E-state index in [0.29, 0.717) is 6.07 Å². The summed E-state index contributed by atoms with van der Waals surface area (Å²) in [5.74, 6) is -3.64. The summed E-state index contributed by atoms with van der Waals surface area (Å²) in [6.45, 7) is -0.360. The van der Waals surface area contributed by atoms with Gasteiger partial charge in [0.25, 0.3) is 5.91 Å². The first kappa shape index (κ1) is 13.7. The topological polar surface area (TPSA) is 84.2 Å². The zero-order valence-electron chi connectivity index (χ0n) is 10.0. The highest BCUT2D eigenvalue weighted by molar-refractivity contribution is 6.04. The molecule has 0 aliphatic rings. The van der Waals surface area contributed by atoms with Crippen LogP contribution in [0.3, 0.4) is 0 Å². The van der Waals surface area contributed by atoms with Crippen LogP contribution in [0.2, 0.25) is 0 Å². The lowest BCUT2D eigenvalue weighted by Crippen LogP contribution is -2.13. The summed E-state index contributed by atoms with van der Waals surface area (Å²) in [5.41, 5.74) is -0.114. The van der Waals surface area contributed by atoms with Crippen LogP contribution in [0.1, 0.15) is 10.4 Å². The molecule has 0 aliphatic heterocycles. The minimum atomic E-state index is -1.09. The number of benzene rings is 1. The highest BCUT2D eigenvalue weighted by atomic mass is 19.1. The van der Waals surface area contributed by atoms with Crippen LogP contribution in [0.15, 0.2) is 30.6 Å². The van der Waals surface area contributed by atoms with Gasteiger partial charge in [-0.15, -0.1) is 0 Å². The van der Waals surface area contributed by atoms with Crippen molar-refractivity contribution in [2.45, 2.75) is 6.54 Å². The van der Waals surface area contributed by atoms with Gasteiger partial charge in [0.2, 0.25) is 0 Å². The average Bonchev–Trinajstić information content (AvgIpc) is 2.75. The van der Waals surface area contributed by atoms with Gasteiger partial charge in [0.1, 0.15) is 18.2 Å². The summed E-state index contributed by atoms with van der Waals surface area (Å²) >= 11 is 0. The average molecular weight is 281 g/mol. The van der Waals surface area contributed by atoms with Crippen LogP contribution in [-0.2, 0) is 11.3 Å². The fourth-order valence-corrected chi connectivity index (χ4v) is 1.53. The minimum Gasteiger partial charge on any atom is -0.480 e. The quantitative estimate of drug-likeness (QED) is 0.889. The monoisotopic (exact) mass is 281 g/mol. The van der Waals surface area contributed by atoms with Crippen LogP contribution in [-0.4, -0.2) is 26.8 Å². The molecule has 0 fully saturated rings. The second-order valence-electron chi connectivity index (χ2n) is 3.90. The van der Waals surface area contributed by atoms with Crippen molar-refractivity contribution < 1.29 is 23.5 Å². The van der Waals surface area contributed by atoms with Gasteiger partial charge >= 0.3 is 5.97 Å². The molecule has 0 saturated heterocycles. The van der Waals surface area contributed by atoms with E-state index in [1.165, 1.54) is 12.4 Å². The van der Waals surface area contributed by atoms with E-state index in [2.05, 4.69) is 10.4 Å². The summed E-state index contributed by atoms with van der Waals surface area (Å²) < 4.78 is 27.2. The number of carboxylic acid groups (broad SMARTS) is 1. The van der Waals surface area contributed by atoms with E-state index in [1.54, 1.807) is 0 Å². The van der Waals surface area contributed by atoms with Crippen molar-refractivity contribution in [1.29, 1.82) is 0 Å². The van der Waals surface area contributed by atoms with E-state index in [0.717, 1.165) is 16.8 Å². The molecule has 1 amide bonds. The lowest BCUT2D eigenvalue weighted by molar-refractivity contribution is -0.137. The molecule has 0 radical (unpaired) electrons. The van der Waals surface area contributed by atoms with Crippen molar-refractivity contribution in [2.75, 3.05) is 5.32 Å². The van der Waals surface area contributed by atoms with Gasteiger partial charge in [0, 0.05) is 12.3 Å². The van der Waals surface area contributed by atoms with Crippen molar-refractivity contribution in [3.05, 3.63) is 47.8 Å². The predicted octanol–water partition coefficient (Wildman–Crippen LogP) is 1.50. The Morgan fingerprint density at radius 1 is 1.35 bits per heavy atom. The highest BCUT2D eigenvalue weighted by Crippen LogP contribution is 2.12. The smallest absolute Gasteiger partial charge is 0.325 e. The third-order valence-electron chi connectivity index (χ3n) is 2.36. The van der Waals surface area contributed by atoms with Gasteiger partial charge in [-0.25, -0.2) is 8.78 Å². The second-order valence-corrected chi connectivity index (χ2v) is 3.90. The number of hydrogen-bond acceptors (Lipinski definition) is 3. The number of hydrogen-bond donors (Lipinski definition) is 2. The maximum Gasteiger partial charge on any atom is 0.325 e. The fraction of sp³-hybridized carbons (Fsp3) is 0.0833. The molecule has 2 aromatic rings. The van der Waals surface area contributed by atoms with Gasteiger partial charge in [-0.3, -0.25) is 14.3 Å². The number of halogens is 2. The fourth-order valence-electron chi connectivity index (χ4n) is 1.53. The lowest BCUT2D eigenvalue weighted by atomic mass is 10.2. The Balaban J connectivity index is 2.11. The number of aliphatic carboxylic acids is 1. The van der Waals surface area contributed by atoms with E-state index >= 15 is 0 Å². The van der Waals surface area contributed by atoms with Crippen LogP contribution in [0.4, 0.5) is 14.5 Å². The van der Waals surface area contributed by atoms with Crippen molar-refractivity contribution in [3.8, 4) is 0 Å². The number of carbonyl (C=O) groups is 2. The van der Waals surface area contributed by atoms with Crippen LogP contribution in [0.5, 0.6) is 0 Å². The maximum absolute atomic E-state index is 13.4. The first-order chi connectivity index (χ1) is 9.45. The Labute approximate surface area is 111 Å². The Bertz CT molecular complexity index is 670.